The predicted octanol–water partition coefficient (Wildman–Crippen LogP) is 4.04. The highest BCUT2D eigenvalue weighted by Gasteiger charge is 2.32. The first-order valence-corrected chi connectivity index (χ1v) is 9.92. The summed E-state index contributed by atoms with van der Waals surface area (Å²) >= 11 is 0. The van der Waals surface area contributed by atoms with Crippen LogP contribution in [0.5, 0.6) is 5.75 Å². The van der Waals surface area contributed by atoms with E-state index in [2.05, 4.69) is 44.2 Å². The molecule has 1 saturated heterocycles. The summed E-state index contributed by atoms with van der Waals surface area (Å²) in [6, 6.07) is 8.97. The Morgan fingerprint density at radius 2 is 1.70 bits per heavy atom. The number of benzene rings is 1. The summed E-state index contributed by atoms with van der Waals surface area (Å²) in [4.78, 5) is 2.55. The van der Waals surface area contributed by atoms with Crippen LogP contribution in [0.1, 0.15) is 68.9 Å². The third kappa shape index (κ3) is 4.27. The molecule has 6 nitrogen and oxygen atoms in total. The van der Waals surface area contributed by atoms with Gasteiger partial charge < -0.3 is 4.74 Å². The van der Waals surface area contributed by atoms with Gasteiger partial charge in [0.2, 0.25) is 0 Å². The number of halogens is 1. The summed E-state index contributed by atoms with van der Waals surface area (Å²) in [7, 11) is 1.71. The van der Waals surface area contributed by atoms with E-state index in [1.54, 1.807) is 7.11 Å². The molecule has 0 bridgehead atoms. The summed E-state index contributed by atoms with van der Waals surface area (Å²) in [6.07, 6.45) is 7.39. The van der Waals surface area contributed by atoms with E-state index in [1.807, 2.05) is 12.1 Å². The van der Waals surface area contributed by atoms with Crippen LogP contribution < -0.4 is 4.74 Å². The summed E-state index contributed by atoms with van der Waals surface area (Å²) in [5.41, 5.74) is 1.24. The van der Waals surface area contributed by atoms with Gasteiger partial charge in [-0.05, 0) is 72.8 Å². The molecule has 0 spiro atoms. The maximum Gasteiger partial charge on any atom is 0.173 e. The molecule has 2 heterocycles. The molecule has 7 heteroatoms. The molecule has 4 rings (SSSR count). The molecule has 1 aliphatic heterocycles. The average molecular weight is 392 g/mol. The lowest BCUT2D eigenvalue weighted by Gasteiger charge is -2.36. The summed E-state index contributed by atoms with van der Waals surface area (Å²) in [5, 5.41) is 13.0. The minimum absolute atomic E-state index is 0. The fourth-order valence-corrected chi connectivity index (χ4v) is 4.39. The van der Waals surface area contributed by atoms with Gasteiger partial charge in [0.1, 0.15) is 5.75 Å². The number of ether oxygens (including phenoxy) is 1. The second kappa shape index (κ2) is 9.02. The first kappa shape index (κ1) is 20.1. The lowest BCUT2D eigenvalue weighted by molar-refractivity contribution is 0.148. The molecule has 2 fully saturated rings. The number of rotatable bonds is 5. The molecule has 0 amide bonds. The van der Waals surface area contributed by atoms with E-state index >= 15 is 0 Å². The molecule has 148 valence electrons. The van der Waals surface area contributed by atoms with Crippen LogP contribution in [0.2, 0.25) is 0 Å². The Hall–Kier alpha value is -1.66. The second-order valence-electron chi connectivity index (χ2n) is 7.81. The molecule has 0 N–H and O–H groups in total. The normalized spacial score (nSPS) is 20.4. The van der Waals surface area contributed by atoms with Crippen molar-refractivity contribution in [3.05, 3.63) is 35.7 Å². The van der Waals surface area contributed by atoms with Gasteiger partial charge in [0.25, 0.3) is 0 Å². The van der Waals surface area contributed by atoms with Crippen LogP contribution in [-0.4, -0.2) is 45.3 Å². The Balaban J connectivity index is 0.00000210. The highest BCUT2D eigenvalue weighted by molar-refractivity contribution is 5.85. The number of tetrazole rings is 1. The first-order valence-electron chi connectivity index (χ1n) is 9.92. The van der Waals surface area contributed by atoms with Crippen molar-refractivity contribution in [1.82, 2.24) is 25.1 Å². The number of hydrogen-bond acceptors (Lipinski definition) is 5. The Bertz CT molecular complexity index is 705. The third-order valence-corrected chi connectivity index (χ3v) is 6.05. The van der Waals surface area contributed by atoms with Gasteiger partial charge in [-0.15, -0.1) is 17.5 Å². The molecule has 2 aliphatic rings. The van der Waals surface area contributed by atoms with Crippen LogP contribution >= 0.6 is 12.4 Å². The topological polar surface area (TPSA) is 56.1 Å². The molecule has 1 aromatic heterocycles. The molecule has 1 aromatic carbocycles. The highest BCUT2D eigenvalue weighted by atomic mass is 35.5. The van der Waals surface area contributed by atoms with Gasteiger partial charge in [-0.1, -0.05) is 31.9 Å². The van der Waals surface area contributed by atoms with E-state index in [-0.39, 0.29) is 18.4 Å². The van der Waals surface area contributed by atoms with E-state index in [0.717, 1.165) is 30.6 Å². The van der Waals surface area contributed by atoms with Gasteiger partial charge in [-0.25, -0.2) is 4.68 Å². The number of likely N-dealkylation sites (tertiary alicyclic amines) is 1. The molecule has 1 unspecified atom stereocenters. The molecular weight excluding hydrogens is 362 g/mol. The number of hydrogen-bond donors (Lipinski definition) is 0. The van der Waals surface area contributed by atoms with Crippen LogP contribution in [0.15, 0.2) is 24.3 Å². The third-order valence-electron chi connectivity index (χ3n) is 6.05. The summed E-state index contributed by atoms with van der Waals surface area (Å²) < 4.78 is 7.46. The lowest BCUT2D eigenvalue weighted by atomic mass is 9.95. The van der Waals surface area contributed by atoms with Gasteiger partial charge >= 0.3 is 0 Å². The highest BCUT2D eigenvalue weighted by Crippen LogP contribution is 2.36. The van der Waals surface area contributed by atoms with E-state index in [9.17, 15) is 0 Å². The zero-order valence-electron chi connectivity index (χ0n) is 16.3. The Morgan fingerprint density at radius 1 is 1.04 bits per heavy atom. The van der Waals surface area contributed by atoms with Crippen LogP contribution in [-0.2, 0) is 0 Å². The Kier molecular flexibility index (Phi) is 6.71. The molecule has 0 radical (unpaired) electrons. The minimum Gasteiger partial charge on any atom is -0.497 e. The van der Waals surface area contributed by atoms with E-state index in [1.165, 1.54) is 44.1 Å². The predicted molar refractivity (Wildman–Crippen MR) is 107 cm³/mol. The van der Waals surface area contributed by atoms with Gasteiger partial charge in [-0.3, -0.25) is 4.90 Å². The average Bonchev–Trinajstić information content (AvgIpc) is 3.35. The van der Waals surface area contributed by atoms with E-state index < -0.39 is 0 Å². The van der Waals surface area contributed by atoms with Gasteiger partial charge in [0, 0.05) is 0 Å². The molecule has 2 aromatic rings. The van der Waals surface area contributed by atoms with Crippen molar-refractivity contribution in [3.63, 3.8) is 0 Å². The smallest absolute Gasteiger partial charge is 0.173 e. The fourth-order valence-electron chi connectivity index (χ4n) is 4.39. The van der Waals surface area contributed by atoms with Crippen molar-refractivity contribution in [2.45, 2.75) is 57.5 Å². The largest absolute Gasteiger partial charge is 0.497 e. The lowest BCUT2D eigenvalue weighted by Crippen LogP contribution is -2.38. The van der Waals surface area contributed by atoms with Crippen molar-refractivity contribution in [2.24, 2.45) is 5.92 Å². The fraction of sp³-hybridized carbons (Fsp3) is 0.650. The van der Waals surface area contributed by atoms with Crippen LogP contribution in [0.4, 0.5) is 0 Å². The van der Waals surface area contributed by atoms with Gasteiger partial charge in [-0.2, -0.15) is 0 Å². The first-order chi connectivity index (χ1) is 12.8. The number of aromatic nitrogens is 4. The molecule has 1 aliphatic carbocycles. The molecular formula is C20H30ClN5O. The van der Waals surface area contributed by atoms with Crippen molar-refractivity contribution in [1.29, 1.82) is 0 Å². The van der Waals surface area contributed by atoms with Crippen molar-refractivity contribution >= 4 is 12.4 Å². The number of methoxy groups -OCH3 is 1. The van der Waals surface area contributed by atoms with Gasteiger partial charge in [0.15, 0.2) is 5.82 Å². The maximum atomic E-state index is 5.35. The van der Waals surface area contributed by atoms with Crippen LogP contribution in [0.25, 0.3) is 0 Å². The minimum atomic E-state index is 0. The zero-order valence-corrected chi connectivity index (χ0v) is 17.1. The van der Waals surface area contributed by atoms with Crippen molar-refractivity contribution < 1.29 is 4.74 Å². The summed E-state index contributed by atoms with van der Waals surface area (Å²) in [5.74, 6) is 2.68. The molecule has 27 heavy (non-hydrogen) atoms. The Morgan fingerprint density at radius 3 is 2.33 bits per heavy atom. The van der Waals surface area contributed by atoms with Gasteiger partial charge in [0.05, 0.1) is 19.2 Å². The Labute approximate surface area is 167 Å². The maximum absolute atomic E-state index is 5.35. The quantitative estimate of drug-likeness (QED) is 0.769. The summed E-state index contributed by atoms with van der Waals surface area (Å²) in [6.45, 7) is 4.53. The van der Waals surface area contributed by atoms with Crippen LogP contribution in [0.3, 0.4) is 0 Å². The van der Waals surface area contributed by atoms with Crippen LogP contribution in [0, 0.1) is 5.92 Å². The molecule has 1 saturated carbocycles. The second-order valence-corrected chi connectivity index (χ2v) is 7.81. The van der Waals surface area contributed by atoms with E-state index in [4.69, 9.17) is 4.74 Å². The SMILES string of the molecule is COc1ccc(C(c2nnnn2C2CCCC2)N2CCC(C)CC2)cc1.Cl. The number of piperidine rings is 1. The monoisotopic (exact) mass is 391 g/mol. The van der Waals surface area contributed by atoms with E-state index in [0.29, 0.717) is 6.04 Å². The zero-order chi connectivity index (χ0) is 17.9. The van der Waals surface area contributed by atoms with Crippen molar-refractivity contribution in [2.75, 3.05) is 20.2 Å². The standard InChI is InChI=1S/C20H29N5O.ClH/c1-15-11-13-24(14-12-15)19(16-7-9-18(26-2)10-8-16)20-21-22-23-25(20)17-5-3-4-6-17;/h7-10,15,17,19H,3-6,11-14H2,1-2H3;1H. The van der Waals surface area contributed by atoms with Crippen molar-refractivity contribution in [3.8, 4) is 5.75 Å². The number of nitrogens with zero attached hydrogens (tertiary/aromatic N) is 5. The molecule has 1 atom stereocenters.